The van der Waals surface area contributed by atoms with Gasteiger partial charge in [0.15, 0.2) is 0 Å². The Kier molecular flexibility index (Phi) is 4.60. The molecule has 134 valence electrons. The lowest BCUT2D eigenvalue weighted by Gasteiger charge is -2.08. The molecule has 0 aliphatic rings. The largest absolute Gasteiger partial charge is 0.322 e. The molecule has 4 aromatic rings. The fourth-order valence-corrected chi connectivity index (χ4v) is 3.35. The zero-order valence-electron chi connectivity index (χ0n) is 14.4. The summed E-state index contributed by atoms with van der Waals surface area (Å²) in [6.45, 7) is 2.03. The highest BCUT2D eigenvalue weighted by Crippen LogP contribution is 2.25. The topological polar surface area (TPSA) is 46.4 Å². The molecule has 2 heterocycles. The van der Waals surface area contributed by atoms with Crippen molar-refractivity contribution in [3.05, 3.63) is 88.2 Å². The van der Waals surface area contributed by atoms with Crippen LogP contribution in [0.25, 0.3) is 16.9 Å². The van der Waals surface area contributed by atoms with Crippen molar-refractivity contribution < 1.29 is 4.79 Å². The Morgan fingerprint density at radius 2 is 1.93 bits per heavy atom. The Labute approximate surface area is 166 Å². The second kappa shape index (κ2) is 7.06. The number of pyridine rings is 1. The van der Waals surface area contributed by atoms with Crippen molar-refractivity contribution in [2.45, 2.75) is 6.92 Å². The van der Waals surface area contributed by atoms with Gasteiger partial charge in [-0.1, -0.05) is 35.3 Å². The highest BCUT2D eigenvalue weighted by molar-refractivity contribution is 6.37. The number of carbonyl (C=O) groups excluding carboxylic acids is 1. The van der Waals surface area contributed by atoms with Crippen molar-refractivity contribution in [1.82, 2.24) is 9.38 Å². The van der Waals surface area contributed by atoms with Crippen LogP contribution in [0.1, 0.15) is 15.9 Å². The number of rotatable bonds is 3. The van der Waals surface area contributed by atoms with Gasteiger partial charge in [0.05, 0.1) is 16.3 Å². The van der Waals surface area contributed by atoms with Crippen molar-refractivity contribution in [3.8, 4) is 11.3 Å². The molecule has 0 bridgehead atoms. The molecule has 0 aliphatic carbocycles. The first-order valence-electron chi connectivity index (χ1n) is 8.32. The number of benzene rings is 2. The van der Waals surface area contributed by atoms with Gasteiger partial charge in [0, 0.05) is 28.7 Å². The average Bonchev–Trinajstić information content (AvgIpc) is 3.05. The highest BCUT2D eigenvalue weighted by atomic mass is 35.5. The molecule has 1 amide bonds. The molecule has 0 unspecified atom stereocenters. The summed E-state index contributed by atoms with van der Waals surface area (Å²) >= 11 is 12.0. The molecule has 0 spiro atoms. The third-order valence-electron chi connectivity index (χ3n) is 4.21. The third kappa shape index (κ3) is 3.68. The Morgan fingerprint density at radius 1 is 1.07 bits per heavy atom. The van der Waals surface area contributed by atoms with Crippen LogP contribution < -0.4 is 5.32 Å². The molecule has 1 N–H and O–H groups in total. The molecule has 2 aromatic heterocycles. The number of halogens is 2. The van der Waals surface area contributed by atoms with Crippen LogP contribution >= 0.6 is 23.2 Å². The molecule has 0 saturated heterocycles. The van der Waals surface area contributed by atoms with Crippen LogP contribution in [0.5, 0.6) is 0 Å². The molecule has 0 radical (unpaired) electrons. The summed E-state index contributed by atoms with van der Waals surface area (Å²) in [5.74, 6) is -0.292. The summed E-state index contributed by atoms with van der Waals surface area (Å²) in [7, 11) is 0. The molecule has 4 rings (SSSR count). The van der Waals surface area contributed by atoms with Crippen molar-refractivity contribution in [3.63, 3.8) is 0 Å². The third-order valence-corrected chi connectivity index (χ3v) is 4.76. The van der Waals surface area contributed by atoms with E-state index in [4.69, 9.17) is 23.2 Å². The minimum absolute atomic E-state index is 0.292. The van der Waals surface area contributed by atoms with Crippen LogP contribution in [0.3, 0.4) is 0 Å². The van der Waals surface area contributed by atoms with Crippen LogP contribution in [-0.2, 0) is 0 Å². The smallest absolute Gasteiger partial charge is 0.257 e. The van der Waals surface area contributed by atoms with Crippen LogP contribution in [0, 0.1) is 6.92 Å². The van der Waals surface area contributed by atoms with E-state index in [1.807, 2.05) is 60.1 Å². The van der Waals surface area contributed by atoms with Gasteiger partial charge in [-0.15, -0.1) is 0 Å². The summed E-state index contributed by atoms with van der Waals surface area (Å²) in [6.07, 6.45) is 3.95. The lowest BCUT2D eigenvalue weighted by molar-refractivity contribution is 0.102. The number of aryl methyl sites for hydroxylation is 1. The van der Waals surface area contributed by atoms with Crippen molar-refractivity contribution in [2.75, 3.05) is 5.32 Å². The Hall–Kier alpha value is -2.82. The predicted molar refractivity (Wildman–Crippen MR) is 110 cm³/mol. The lowest BCUT2D eigenvalue weighted by atomic mass is 10.1. The van der Waals surface area contributed by atoms with Crippen LogP contribution in [0.4, 0.5) is 5.69 Å². The van der Waals surface area contributed by atoms with Gasteiger partial charge >= 0.3 is 0 Å². The molecule has 0 fully saturated rings. The van der Waals surface area contributed by atoms with Gasteiger partial charge in [-0.05, 0) is 55.0 Å². The number of anilines is 1. The molecule has 0 aliphatic heterocycles. The molecule has 27 heavy (non-hydrogen) atoms. The number of imidazole rings is 1. The summed E-state index contributed by atoms with van der Waals surface area (Å²) in [6, 6.07) is 16.4. The minimum Gasteiger partial charge on any atom is -0.322 e. The van der Waals surface area contributed by atoms with Crippen molar-refractivity contribution in [1.29, 1.82) is 0 Å². The first-order valence-corrected chi connectivity index (χ1v) is 9.07. The molecule has 4 nitrogen and oxygen atoms in total. The maximum Gasteiger partial charge on any atom is 0.257 e. The molecular weight excluding hydrogens is 381 g/mol. The van der Waals surface area contributed by atoms with E-state index in [0.717, 1.165) is 22.5 Å². The number of hydrogen-bond acceptors (Lipinski definition) is 2. The van der Waals surface area contributed by atoms with Crippen molar-refractivity contribution in [2.24, 2.45) is 0 Å². The van der Waals surface area contributed by atoms with E-state index in [9.17, 15) is 4.79 Å². The number of aromatic nitrogens is 2. The Balaban J connectivity index is 1.62. The quantitative estimate of drug-likeness (QED) is 0.471. The standard InChI is InChI=1S/C21H15Cl2N3O/c1-13-7-8-26-12-19(25-20(26)9-13)14-3-2-4-16(10-14)24-21(27)17-6-5-15(22)11-18(17)23/h2-12H,1H3,(H,24,27). The van der Waals surface area contributed by atoms with E-state index in [1.54, 1.807) is 18.2 Å². The maximum absolute atomic E-state index is 12.5. The lowest BCUT2D eigenvalue weighted by Crippen LogP contribution is -2.12. The van der Waals surface area contributed by atoms with E-state index in [-0.39, 0.29) is 5.91 Å². The van der Waals surface area contributed by atoms with Crippen LogP contribution in [0.2, 0.25) is 10.0 Å². The van der Waals surface area contributed by atoms with E-state index >= 15 is 0 Å². The van der Waals surface area contributed by atoms with E-state index in [1.165, 1.54) is 0 Å². The normalized spacial score (nSPS) is 10.9. The van der Waals surface area contributed by atoms with E-state index in [2.05, 4.69) is 10.3 Å². The number of hydrogen-bond donors (Lipinski definition) is 1. The first kappa shape index (κ1) is 17.6. The van der Waals surface area contributed by atoms with Gasteiger partial charge in [-0.2, -0.15) is 0 Å². The SMILES string of the molecule is Cc1ccn2cc(-c3cccc(NC(=O)c4ccc(Cl)cc4Cl)c3)nc2c1. The molecule has 2 aromatic carbocycles. The Morgan fingerprint density at radius 3 is 2.74 bits per heavy atom. The molecule has 6 heteroatoms. The van der Waals surface area contributed by atoms with Crippen molar-refractivity contribution >= 4 is 40.4 Å². The maximum atomic E-state index is 12.5. The number of fused-ring (bicyclic) bond motifs is 1. The average molecular weight is 396 g/mol. The van der Waals surface area contributed by atoms with Crippen LogP contribution in [0.15, 0.2) is 67.0 Å². The van der Waals surface area contributed by atoms with Gasteiger partial charge < -0.3 is 9.72 Å². The zero-order chi connectivity index (χ0) is 19.0. The second-order valence-electron chi connectivity index (χ2n) is 6.25. The summed E-state index contributed by atoms with van der Waals surface area (Å²) < 4.78 is 1.97. The molecular formula is C21H15Cl2N3O. The summed E-state index contributed by atoms with van der Waals surface area (Å²) in [5, 5.41) is 3.67. The summed E-state index contributed by atoms with van der Waals surface area (Å²) in [4.78, 5) is 17.2. The number of nitrogens with one attached hydrogen (secondary N) is 1. The second-order valence-corrected chi connectivity index (χ2v) is 7.10. The fraction of sp³-hybridized carbons (Fsp3) is 0.0476. The van der Waals surface area contributed by atoms with Gasteiger partial charge in [-0.25, -0.2) is 4.98 Å². The predicted octanol–water partition coefficient (Wildman–Crippen LogP) is 5.87. The Bertz CT molecular complexity index is 1170. The van der Waals surface area contributed by atoms with E-state index in [0.29, 0.717) is 21.3 Å². The monoisotopic (exact) mass is 395 g/mol. The van der Waals surface area contributed by atoms with Gasteiger partial charge in [-0.3, -0.25) is 4.79 Å². The fourth-order valence-electron chi connectivity index (χ4n) is 2.85. The molecule has 0 atom stereocenters. The van der Waals surface area contributed by atoms with Gasteiger partial charge in [0.2, 0.25) is 0 Å². The first-order chi connectivity index (χ1) is 13.0. The highest BCUT2D eigenvalue weighted by Gasteiger charge is 2.12. The minimum atomic E-state index is -0.292. The van der Waals surface area contributed by atoms with Gasteiger partial charge in [0.1, 0.15) is 5.65 Å². The number of nitrogens with zero attached hydrogens (tertiary/aromatic N) is 2. The van der Waals surface area contributed by atoms with E-state index < -0.39 is 0 Å². The zero-order valence-corrected chi connectivity index (χ0v) is 15.9. The molecule has 0 saturated carbocycles. The van der Waals surface area contributed by atoms with Crippen LogP contribution in [-0.4, -0.2) is 15.3 Å². The summed E-state index contributed by atoms with van der Waals surface area (Å²) in [5.41, 5.74) is 4.82. The number of carbonyl (C=O) groups is 1. The van der Waals surface area contributed by atoms with Gasteiger partial charge in [0.25, 0.3) is 5.91 Å². The number of amides is 1.